The third-order valence-electron chi connectivity index (χ3n) is 2.75. The van der Waals surface area contributed by atoms with Crippen LogP contribution < -0.4 is 9.41 Å². The van der Waals surface area contributed by atoms with Gasteiger partial charge in [0.1, 0.15) is 18.0 Å². The van der Waals surface area contributed by atoms with Crippen molar-refractivity contribution >= 4 is 35.8 Å². The van der Waals surface area contributed by atoms with Crippen molar-refractivity contribution in [2.24, 2.45) is 0 Å². The van der Waals surface area contributed by atoms with Crippen molar-refractivity contribution in [3.05, 3.63) is 60.2 Å². The zero-order chi connectivity index (χ0) is 13.7. The summed E-state index contributed by atoms with van der Waals surface area (Å²) in [4.78, 5) is 0. The van der Waals surface area contributed by atoms with E-state index >= 15 is 0 Å². The number of nitrogens with zero attached hydrogens (tertiary/aromatic N) is 1. The number of benzene rings is 2. The van der Waals surface area contributed by atoms with Crippen molar-refractivity contribution in [1.82, 2.24) is 0 Å². The molecule has 2 aromatic rings. The second-order valence-electron chi connectivity index (χ2n) is 3.99. The minimum absolute atomic E-state index is 0.770. The van der Waals surface area contributed by atoms with Gasteiger partial charge in [-0.25, -0.2) is 0 Å². The molecule has 0 radical (unpaired) electrons. The Balaban J connectivity index is 2.22. The molecule has 19 heavy (non-hydrogen) atoms. The molecule has 0 saturated carbocycles. The Bertz CT molecular complexity index is 545. The molecule has 1 unspecified atom stereocenters. The van der Waals surface area contributed by atoms with Gasteiger partial charge in [-0.2, -0.15) is 4.67 Å². The second-order valence-corrected chi connectivity index (χ2v) is 7.97. The van der Waals surface area contributed by atoms with Crippen LogP contribution >= 0.6 is 18.3 Å². The molecule has 2 nitrogen and oxygen atoms in total. The molecule has 1 atom stereocenters. The monoisotopic (exact) mass is 308 g/mol. The first-order chi connectivity index (χ1) is 9.20. The summed E-state index contributed by atoms with van der Waals surface area (Å²) in [7, 11) is 1.66. The number of rotatable bonds is 5. The van der Waals surface area contributed by atoms with Gasteiger partial charge in [0.2, 0.25) is 11.8 Å². The SMILES string of the molecule is COc1ccc(N(Cc2ccccc2)[P+](=S)S)cc1. The van der Waals surface area contributed by atoms with Gasteiger partial charge in [-0.3, -0.25) is 0 Å². The van der Waals surface area contributed by atoms with E-state index in [1.807, 2.05) is 42.5 Å². The highest BCUT2D eigenvalue weighted by molar-refractivity contribution is 8.56. The van der Waals surface area contributed by atoms with E-state index in [0.29, 0.717) is 0 Å². The molecule has 0 aliphatic rings. The molecule has 2 rings (SSSR count). The van der Waals surface area contributed by atoms with Gasteiger partial charge in [-0.1, -0.05) is 30.3 Å². The van der Waals surface area contributed by atoms with Crippen molar-refractivity contribution < 1.29 is 4.74 Å². The molecular weight excluding hydrogens is 293 g/mol. The molecule has 98 valence electrons. The Labute approximate surface area is 125 Å². The second kappa shape index (κ2) is 6.90. The highest BCUT2D eigenvalue weighted by atomic mass is 32.9. The van der Waals surface area contributed by atoms with Crippen LogP contribution in [0.25, 0.3) is 0 Å². The standard InChI is InChI=1S/C14H14NOPS2/c1-16-14-9-7-13(8-10-14)15(17(18)19)11-12-5-3-2-4-6-12/h2-10H,11H2,1H3/p+1. The average molecular weight is 308 g/mol. The zero-order valence-electron chi connectivity index (χ0n) is 10.6. The molecule has 0 spiro atoms. The molecule has 2 aromatic carbocycles. The Morgan fingerprint density at radius 1 is 1.11 bits per heavy atom. The van der Waals surface area contributed by atoms with Gasteiger partial charge in [0, 0.05) is 0 Å². The average Bonchev–Trinajstić information content (AvgIpc) is 2.46. The van der Waals surface area contributed by atoms with E-state index in [0.717, 1.165) is 18.0 Å². The van der Waals surface area contributed by atoms with Crippen molar-refractivity contribution in [2.75, 3.05) is 11.8 Å². The van der Waals surface area contributed by atoms with Crippen LogP contribution in [0.1, 0.15) is 5.56 Å². The number of ether oxygens (including phenoxy) is 1. The van der Waals surface area contributed by atoms with E-state index in [4.69, 9.17) is 16.5 Å². The largest absolute Gasteiger partial charge is 0.497 e. The molecule has 0 heterocycles. The van der Waals surface area contributed by atoms with Crippen molar-refractivity contribution in [3.8, 4) is 5.75 Å². The number of methoxy groups -OCH3 is 1. The maximum Gasteiger partial charge on any atom is 0.365 e. The lowest BCUT2D eigenvalue weighted by Gasteiger charge is -2.14. The van der Waals surface area contributed by atoms with Crippen LogP contribution in [0, 0.1) is 0 Å². The Morgan fingerprint density at radius 3 is 2.26 bits per heavy atom. The Morgan fingerprint density at radius 2 is 1.74 bits per heavy atom. The molecule has 0 aliphatic heterocycles. The molecule has 0 fully saturated rings. The van der Waals surface area contributed by atoms with Crippen LogP contribution in [0.3, 0.4) is 0 Å². The molecule has 0 aliphatic carbocycles. The quantitative estimate of drug-likeness (QED) is 0.649. The zero-order valence-corrected chi connectivity index (χ0v) is 13.2. The molecule has 0 aromatic heterocycles. The minimum Gasteiger partial charge on any atom is -0.497 e. The van der Waals surface area contributed by atoms with E-state index in [1.54, 1.807) is 7.11 Å². The fraction of sp³-hybridized carbons (Fsp3) is 0.143. The van der Waals surface area contributed by atoms with Gasteiger partial charge in [-0.15, -0.1) is 0 Å². The third-order valence-corrected chi connectivity index (χ3v) is 4.78. The lowest BCUT2D eigenvalue weighted by atomic mass is 10.2. The first kappa shape index (κ1) is 14.3. The maximum absolute atomic E-state index is 5.37. The number of hydrogen-bond donors (Lipinski definition) is 1. The summed E-state index contributed by atoms with van der Waals surface area (Å²) in [5.74, 6) is 0.844. The number of anilines is 1. The van der Waals surface area contributed by atoms with Gasteiger partial charge in [-0.05, 0) is 29.8 Å². The Kier molecular flexibility index (Phi) is 5.20. The summed E-state index contributed by atoms with van der Waals surface area (Å²) in [6, 6.07) is 17.3. The predicted octanol–water partition coefficient (Wildman–Crippen LogP) is 4.41. The number of hydrogen-bond acceptors (Lipinski definition) is 2. The van der Waals surface area contributed by atoms with Gasteiger partial charge in [0.05, 0.1) is 19.3 Å². The molecular formula is C14H15NOPS2+. The fourth-order valence-electron chi connectivity index (χ4n) is 1.76. The first-order valence-electron chi connectivity index (χ1n) is 5.82. The van der Waals surface area contributed by atoms with Crippen LogP contribution in [0.15, 0.2) is 54.6 Å². The molecule has 0 N–H and O–H groups in total. The fourth-order valence-corrected chi connectivity index (χ4v) is 3.33. The Hall–Kier alpha value is -1.09. The van der Waals surface area contributed by atoms with E-state index in [-0.39, 0.29) is 0 Å². The van der Waals surface area contributed by atoms with E-state index in [2.05, 4.69) is 29.1 Å². The predicted molar refractivity (Wildman–Crippen MR) is 88.9 cm³/mol. The van der Waals surface area contributed by atoms with Gasteiger partial charge >= 0.3 is 6.05 Å². The van der Waals surface area contributed by atoms with Crippen LogP contribution in [0.2, 0.25) is 0 Å². The summed E-state index contributed by atoms with van der Waals surface area (Å²) < 4.78 is 7.30. The van der Waals surface area contributed by atoms with Crippen LogP contribution in [-0.2, 0) is 18.4 Å². The van der Waals surface area contributed by atoms with Gasteiger partial charge in [0.25, 0.3) is 0 Å². The molecule has 0 saturated heterocycles. The van der Waals surface area contributed by atoms with Gasteiger partial charge < -0.3 is 4.74 Å². The summed E-state index contributed by atoms with van der Waals surface area (Å²) >= 11 is 9.82. The van der Waals surface area contributed by atoms with Crippen LogP contribution in [-0.4, -0.2) is 7.11 Å². The maximum atomic E-state index is 5.37. The highest BCUT2D eigenvalue weighted by Gasteiger charge is 2.20. The number of thiol groups is 1. The lowest BCUT2D eigenvalue weighted by Crippen LogP contribution is -2.11. The van der Waals surface area contributed by atoms with E-state index < -0.39 is 6.05 Å². The molecule has 0 bridgehead atoms. The van der Waals surface area contributed by atoms with Crippen molar-refractivity contribution in [1.29, 1.82) is 0 Å². The smallest absolute Gasteiger partial charge is 0.365 e. The molecule has 5 heteroatoms. The first-order valence-corrected chi connectivity index (χ1v) is 9.28. The van der Waals surface area contributed by atoms with Crippen LogP contribution in [0.5, 0.6) is 5.75 Å². The lowest BCUT2D eigenvalue weighted by molar-refractivity contribution is 0.415. The summed E-state index contributed by atoms with van der Waals surface area (Å²) in [6.45, 7) is 0.770. The minimum atomic E-state index is -0.907. The third kappa shape index (κ3) is 3.93. The van der Waals surface area contributed by atoms with E-state index in [1.165, 1.54) is 5.56 Å². The topological polar surface area (TPSA) is 12.5 Å². The normalized spacial score (nSPS) is 10.9. The molecule has 0 amide bonds. The van der Waals surface area contributed by atoms with Gasteiger partial charge in [0.15, 0.2) is 0 Å². The van der Waals surface area contributed by atoms with Crippen LogP contribution in [0.4, 0.5) is 5.69 Å². The van der Waals surface area contributed by atoms with E-state index in [9.17, 15) is 0 Å². The van der Waals surface area contributed by atoms with Crippen molar-refractivity contribution in [3.63, 3.8) is 0 Å². The summed E-state index contributed by atoms with van der Waals surface area (Å²) in [5, 5.41) is 0. The summed E-state index contributed by atoms with van der Waals surface area (Å²) in [5.41, 5.74) is 2.30. The van der Waals surface area contributed by atoms with Crippen molar-refractivity contribution in [2.45, 2.75) is 6.54 Å². The summed E-state index contributed by atoms with van der Waals surface area (Å²) in [6.07, 6.45) is 0. The highest BCUT2D eigenvalue weighted by Crippen LogP contribution is 2.39.